The van der Waals surface area contributed by atoms with Crippen molar-refractivity contribution in [2.45, 2.75) is 6.42 Å². The Balaban J connectivity index is 2.55. The number of hydrogen-bond acceptors (Lipinski definition) is 2. The molecule has 1 aromatic carbocycles. The lowest BCUT2D eigenvalue weighted by molar-refractivity contribution is 0.415. The maximum Gasteiger partial charge on any atom is 0.119 e. The van der Waals surface area contributed by atoms with Crippen LogP contribution in [0.5, 0.6) is 5.75 Å². The first kappa shape index (κ1) is 10.1. The van der Waals surface area contributed by atoms with E-state index >= 15 is 0 Å². The van der Waals surface area contributed by atoms with Crippen LogP contribution >= 0.6 is 0 Å². The van der Waals surface area contributed by atoms with E-state index < -0.39 is 0 Å². The molecule has 80 valence electrons. The van der Waals surface area contributed by atoms with Gasteiger partial charge in [-0.05, 0) is 37.2 Å². The predicted molar refractivity (Wildman–Crippen MR) is 62.2 cm³/mol. The lowest BCUT2D eigenvalue weighted by Gasteiger charge is -2.02. The minimum Gasteiger partial charge on any atom is -0.497 e. The monoisotopic (exact) mass is 204 g/mol. The van der Waals surface area contributed by atoms with Crippen molar-refractivity contribution >= 4 is 10.9 Å². The van der Waals surface area contributed by atoms with E-state index in [4.69, 9.17) is 10.5 Å². The van der Waals surface area contributed by atoms with Crippen LogP contribution in [0.3, 0.4) is 0 Å². The van der Waals surface area contributed by atoms with Crippen molar-refractivity contribution in [3.63, 3.8) is 0 Å². The van der Waals surface area contributed by atoms with Gasteiger partial charge in [0.15, 0.2) is 0 Å². The zero-order valence-corrected chi connectivity index (χ0v) is 9.16. The van der Waals surface area contributed by atoms with Gasteiger partial charge in [-0.15, -0.1) is 0 Å². The van der Waals surface area contributed by atoms with Gasteiger partial charge in [-0.3, -0.25) is 0 Å². The summed E-state index contributed by atoms with van der Waals surface area (Å²) in [5.74, 6) is 0.896. The summed E-state index contributed by atoms with van der Waals surface area (Å²) >= 11 is 0. The molecule has 2 N–H and O–H groups in total. The third-order valence-electron chi connectivity index (χ3n) is 2.75. The van der Waals surface area contributed by atoms with E-state index in [0.29, 0.717) is 6.54 Å². The van der Waals surface area contributed by atoms with Crippen LogP contribution in [-0.4, -0.2) is 18.2 Å². The number of nitrogens with zero attached hydrogens (tertiary/aromatic N) is 1. The fourth-order valence-electron chi connectivity index (χ4n) is 1.90. The van der Waals surface area contributed by atoms with Crippen molar-refractivity contribution in [1.29, 1.82) is 0 Å². The Morgan fingerprint density at radius 2 is 2.13 bits per heavy atom. The number of aryl methyl sites for hydroxylation is 1. The van der Waals surface area contributed by atoms with Crippen LogP contribution in [0.1, 0.15) is 5.69 Å². The molecule has 0 aliphatic heterocycles. The lowest BCUT2D eigenvalue weighted by atomic mass is 10.2. The molecule has 0 fully saturated rings. The minimum atomic E-state index is 0.682. The maximum absolute atomic E-state index is 5.57. The number of methoxy groups -OCH3 is 1. The molecule has 2 aromatic rings. The predicted octanol–water partition coefficient (Wildman–Crippen LogP) is 1.69. The van der Waals surface area contributed by atoms with Gasteiger partial charge in [-0.1, -0.05) is 0 Å². The normalized spacial score (nSPS) is 10.9. The molecule has 0 atom stereocenters. The lowest BCUT2D eigenvalue weighted by Crippen LogP contribution is -2.06. The minimum absolute atomic E-state index is 0.682. The number of rotatable bonds is 3. The summed E-state index contributed by atoms with van der Waals surface area (Å²) < 4.78 is 7.38. The first-order valence-corrected chi connectivity index (χ1v) is 5.08. The van der Waals surface area contributed by atoms with Gasteiger partial charge in [-0.2, -0.15) is 0 Å². The Morgan fingerprint density at radius 3 is 2.80 bits per heavy atom. The van der Waals surface area contributed by atoms with Crippen molar-refractivity contribution in [1.82, 2.24) is 4.57 Å². The van der Waals surface area contributed by atoms with Crippen molar-refractivity contribution in [2.75, 3.05) is 13.7 Å². The van der Waals surface area contributed by atoms with E-state index in [1.807, 2.05) is 6.07 Å². The fourth-order valence-corrected chi connectivity index (χ4v) is 1.90. The smallest absolute Gasteiger partial charge is 0.119 e. The first-order chi connectivity index (χ1) is 7.26. The summed E-state index contributed by atoms with van der Waals surface area (Å²) in [5, 5.41) is 1.21. The molecule has 0 aliphatic carbocycles. The molecule has 0 spiro atoms. The van der Waals surface area contributed by atoms with Crippen molar-refractivity contribution < 1.29 is 4.74 Å². The number of nitrogens with two attached hydrogens (primary N) is 1. The average molecular weight is 204 g/mol. The molecule has 0 saturated carbocycles. The van der Waals surface area contributed by atoms with E-state index in [1.54, 1.807) is 7.11 Å². The molecule has 3 nitrogen and oxygen atoms in total. The summed E-state index contributed by atoms with van der Waals surface area (Å²) in [5.41, 5.74) is 8.06. The second-order valence-electron chi connectivity index (χ2n) is 3.66. The van der Waals surface area contributed by atoms with Gasteiger partial charge in [0.05, 0.1) is 7.11 Å². The fraction of sp³-hybridized carbons (Fsp3) is 0.333. The summed E-state index contributed by atoms with van der Waals surface area (Å²) in [7, 11) is 3.75. The van der Waals surface area contributed by atoms with Crippen LogP contribution in [-0.2, 0) is 13.5 Å². The molecule has 1 heterocycles. The van der Waals surface area contributed by atoms with Gasteiger partial charge in [0.2, 0.25) is 0 Å². The number of fused-ring (bicyclic) bond motifs is 1. The van der Waals surface area contributed by atoms with Crippen LogP contribution in [0.25, 0.3) is 10.9 Å². The van der Waals surface area contributed by atoms with Crippen molar-refractivity contribution in [3.8, 4) is 5.75 Å². The standard InChI is InChI=1S/C12H16N2O/c1-14-10(5-6-13)7-9-8-11(15-2)3-4-12(9)14/h3-4,7-8H,5-6,13H2,1-2H3. The average Bonchev–Trinajstić information content (AvgIpc) is 2.56. The van der Waals surface area contributed by atoms with E-state index in [-0.39, 0.29) is 0 Å². The number of aromatic nitrogens is 1. The van der Waals surface area contributed by atoms with E-state index in [2.05, 4.69) is 29.8 Å². The van der Waals surface area contributed by atoms with Gasteiger partial charge in [-0.25, -0.2) is 0 Å². The van der Waals surface area contributed by atoms with Crippen LogP contribution in [0, 0.1) is 0 Å². The number of ether oxygens (including phenoxy) is 1. The maximum atomic E-state index is 5.57. The SMILES string of the molecule is COc1ccc2c(c1)cc(CCN)n2C. The molecule has 0 unspecified atom stereocenters. The molecule has 0 saturated heterocycles. The summed E-state index contributed by atoms with van der Waals surface area (Å²) in [6.45, 7) is 0.682. The van der Waals surface area contributed by atoms with E-state index in [0.717, 1.165) is 12.2 Å². The van der Waals surface area contributed by atoms with Crippen LogP contribution in [0.15, 0.2) is 24.3 Å². The van der Waals surface area contributed by atoms with Crippen LogP contribution < -0.4 is 10.5 Å². The second-order valence-corrected chi connectivity index (χ2v) is 3.66. The molecule has 0 aliphatic rings. The largest absolute Gasteiger partial charge is 0.497 e. The number of benzene rings is 1. The quantitative estimate of drug-likeness (QED) is 0.826. The molecule has 2 rings (SSSR count). The Kier molecular flexibility index (Phi) is 2.64. The van der Waals surface area contributed by atoms with Crippen LogP contribution in [0.2, 0.25) is 0 Å². The van der Waals surface area contributed by atoms with Gasteiger partial charge in [0.1, 0.15) is 5.75 Å². The second kappa shape index (κ2) is 3.95. The molecule has 1 aromatic heterocycles. The Hall–Kier alpha value is -1.48. The first-order valence-electron chi connectivity index (χ1n) is 5.08. The Bertz CT molecular complexity index is 474. The zero-order valence-electron chi connectivity index (χ0n) is 9.16. The topological polar surface area (TPSA) is 40.2 Å². The van der Waals surface area contributed by atoms with Crippen LogP contribution in [0.4, 0.5) is 0 Å². The molecule has 0 amide bonds. The van der Waals surface area contributed by atoms with Gasteiger partial charge in [0.25, 0.3) is 0 Å². The third-order valence-corrected chi connectivity index (χ3v) is 2.75. The highest BCUT2D eigenvalue weighted by Gasteiger charge is 2.05. The highest BCUT2D eigenvalue weighted by Crippen LogP contribution is 2.23. The van der Waals surface area contributed by atoms with E-state index in [9.17, 15) is 0 Å². The third kappa shape index (κ3) is 1.70. The van der Waals surface area contributed by atoms with Gasteiger partial charge >= 0.3 is 0 Å². The molecule has 0 radical (unpaired) electrons. The molecule has 3 heteroatoms. The summed E-state index contributed by atoms with van der Waals surface area (Å²) in [6, 6.07) is 8.28. The molecule has 0 bridgehead atoms. The highest BCUT2D eigenvalue weighted by atomic mass is 16.5. The highest BCUT2D eigenvalue weighted by molar-refractivity contribution is 5.82. The molecule has 15 heavy (non-hydrogen) atoms. The van der Waals surface area contributed by atoms with Gasteiger partial charge < -0.3 is 15.0 Å². The Morgan fingerprint density at radius 1 is 1.33 bits per heavy atom. The van der Waals surface area contributed by atoms with Crippen molar-refractivity contribution in [3.05, 3.63) is 30.0 Å². The van der Waals surface area contributed by atoms with E-state index in [1.165, 1.54) is 16.6 Å². The van der Waals surface area contributed by atoms with Gasteiger partial charge in [0, 0.05) is 23.6 Å². The summed E-state index contributed by atoms with van der Waals surface area (Å²) in [4.78, 5) is 0. The number of hydrogen-bond donors (Lipinski definition) is 1. The molecular formula is C12H16N2O. The molecular weight excluding hydrogens is 188 g/mol. The zero-order chi connectivity index (χ0) is 10.8. The summed E-state index contributed by atoms with van der Waals surface area (Å²) in [6.07, 6.45) is 0.910. The Labute approximate surface area is 89.4 Å². The van der Waals surface area contributed by atoms with Crippen molar-refractivity contribution in [2.24, 2.45) is 12.8 Å².